The zero-order valence-corrected chi connectivity index (χ0v) is 16.0. The second kappa shape index (κ2) is 7.97. The molecule has 2 fully saturated rings. The smallest absolute Gasteiger partial charge is 0.169 e. The van der Waals surface area contributed by atoms with Gasteiger partial charge in [0.05, 0.1) is 0 Å². The van der Waals surface area contributed by atoms with Gasteiger partial charge in [0.25, 0.3) is 0 Å². The Morgan fingerprint density at radius 2 is 1.75 bits per heavy atom. The molecule has 1 spiro atoms. The number of aromatic nitrogens is 1. The van der Waals surface area contributed by atoms with E-state index in [0.717, 1.165) is 25.4 Å². The predicted octanol–water partition coefficient (Wildman–Crippen LogP) is 3.68. The second-order valence-corrected chi connectivity index (χ2v) is 8.30. The Kier molecular flexibility index (Phi) is 5.93. The maximum atomic E-state index is 2.60. The van der Waals surface area contributed by atoms with Crippen molar-refractivity contribution in [1.29, 1.82) is 0 Å². The van der Waals surface area contributed by atoms with Gasteiger partial charge in [0.15, 0.2) is 12.4 Å². The molecule has 1 aromatic rings. The summed E-state index contributed by atoms with van der Waals surface area (Å²) >= 11 is 0. The summed E-state index contributed by atoms with van der Waals surface area (Å²) in [7, 11) is 2.27. The predicted molar refractivity (Wildman–Crippen MR) is 99.5 cm³/mol. The van der Waals surface area contributed by atoms with Crippen LogP contribution < -0.4 is 4.57 Å². The summed E-state index contributed by atoms with van der Waals surface area (Å²) in [5.74, 6) is 0.966. The van der Waals surface area contributed by atoms with Gasteiger partial charge in [0.2, 0.25) is 0 Å². The fourth-order valence-electron chi connectivity index (χ4n) is 4.48. The van der Waals surface area contributed by atoms with E-state index in [1.54, 1.807) is 0 Å². The van der Waals surface area contributed by atoms with Crippen LogP contribution in [0.5, 0.6) is 0 Å². The van der Waals surface area contributed by atoms with E-state index >= 15 is 0 Å². The minimum Gasteiger partial charge on any atom is -0.245 e. The molecule has 134 valence electrons. The number of aryl methyl sites for hydroxylation is 1. The maximum Gasteiger partial charge on any atom is 0.169 e. The lowest BCUT2D eigenvalue weighted by Gasteiger charge is -2.47. The summed E-state index contributed by atoms with van der Waals surface area (Å²) < 4.78 is 2.22. The van der Waals surface area contributed by atoms with Crippen LogP contribution in [0.1, 0.15) is 57.9 Å². The Morgan fingerprint density at radius 3 is 2.33 bits per heavy atom. The highest BCUT2D eigenvalue weighted by atomic mass is 15.6. The molecule has 1 saturated carbocycles. The molecule has 1 aliphatic heterocycles. The fourth-order valence-corrected chi connectivity index (χ4v) is 4.48. The summed E-state index contributed by atoms with van der Waals surface area (Å²) in [6.07, 6.45) is 14.2. The molecule has 1 aliphatic carbocycles. The number of likely N-dealkylation sites (N-methyl/N-ethyl adjacent to an activating group) is 1. The first kappa shape index (κ1) is 17.9. The summed E-state index contributed by atoms with van der Waals surface area (Å²) in [5.41, 5.74) is 2.14. The molecule has 0 unspecified atom stereocenters. The first-order valence-electron chi connectivity index (χ1n) is 10.0. The van der Waals surface area contributed by atoms with Crippen molar-refractivity contribution in [1.82, 2.24) is 10.0 Å². The average molecular weight is 331 g/mol. The van der Waals surface area contributed by atoms with Gasteiger partial charge in [-0.25, -0.2) is 14.6 Å². The van der Waals surface area contributed by atoms with Crippen LogP contribution in [-0.4, -0.2) is 36.7 Å². The van der Waals surface area contributed by atoms with E-state index in [1.807, 2.05) is 0 Å². The lowest BCUT2D eigenvalue weighted by Crippen LogP contribution is -2.49. The zero-order valence-electron chi connectivity index (χ0n) is 16.0. The molecule has 24 heavy (non-hydrogen) atoms. The molecule has 3 rings (SSSR count). The minimum atomic E-state index is 0.692. The van der Waals surface area contributed by atoms with Crippen molar-refractivity contribution in [3.63, 3.8) is 0 Å². The topological polar surface area (TPSA) is 10.4 Å². The quantitative estimate of drug-likeness (QED) is 0.763. The van der Waals surface area contributed by atoms with Crippen LogP contribution in [0, 0.1) is 11.3 Å². The molecular formula is C21H36N3+. The van der Waals surface area contributed by atoms with Gasteiger partial charge in [-0.2, -0.15) is 0 Å². The molecule has 2 aliphatic rings. The summed E-state index contributed by atoms with van der Waals surface area (Å²) in [6.45, 7) is 9.31. The molecule has 2 heterocycles. The number of hydrogen-bond donors (Lipinski definition) is 0. The molecule has 3 nitrogen and oxygen atoms in total. The molecule has 0 atom stereocenters. The largest absolute Gasteiger partial charge is 0.245 e. The van der Waals surface area contributed by atoms with Gasteiger partial charge < -0.3 is 0 Å². The van der Waals surface area contributed by atoms with E-state index in [2.05, 4.69) is 60.0 Å². The highest BCUT2D eigenvalue weighted by Crippen LogP contribution is 2.46. The summed E-state index contributed by atoms with van der Waals surface area (Å²) in [5, 5.41) is 5.07. The van der Waals surface area contributed by atoms with Crippen LogP contribution in [0.4, 0.5) is 0 Å². The molecule has 1 saturated heterocycles. The molecule has 3 heteroatoms. The summed E-state index contributed by atoms with van der Waals surface area (Å²) in [6, 6.07) is 4.54. The molecule has 0 N–H and O–H groups in total. The number of nitrogens with zero attached hydrogens (tertiary/aromatic N) is 3. The Bertz CT molecular complexity index is 492. The van der Waals surface area contributed by atoms with Gasteiger partial charge >= 0.3 is 0 Å². The Morgan fingerprint density at radius 1 is 1.12 bits per heavy atom. The van der Waals surface area contributed by atoms with Crippen molar-refractivity contribution in [3.05, 3.63) is 30.1 Å². The normalized spacial score (nSPS) is 22.3. The molecular weight excluding hydrogens is 294 g/mol. The fraction of sp³-hybridized carbons (Fsp3) is 0.762. The average Bonchev–Trinajstić information content (AvgIpc) is 2.63. The zero-order chi connectivity index (χ0) is 17.0. The highest BCUT2D eigenvalue weighted by molar-refractivity contribution is 5.07. The van der Waals surface area contributed by atoms with Crippen molar-refractivity contribution < 1.29 is 4.57 Å². The van der Waals surface area contributed by atoms with Crippen molar-refractivity contribution >= 4 is 0 Å². The van der Waals surface area contributed by atoms with Gasteiger partial charge in [0, 0.05) is 38.8 Å². The minimum absolute atomic E-state index is 0.692. The second-order valence-electron chi connectivity index (χ2n) is 8.30. The number of rotatable bonds is 5. The Balaban J connectivity index is 1.44. The van der Waals surface area contributed by atoms with Crippen LogP contribution in [0.2, 0.25) is 0 Å². The lowest BCUT2D eigenvalue weighted by molar-refractivity contribution is -0.693. The van der Waals surface area contributed by atoms with Crippen molar-refractivity contribution in [3.8, 4) is 0 Å². The van der Waals surface area contributed by atoms with Gasteiger partial charge in [0.1, 0.15) is 6.54 Å². The van der Waals surface area contributed by atoms with Gasteiger partial charge in [-0.15, -0.1) is 0 Å². The third-order valence-electron chi connectivity index (χ3n) is 6.67. The third kappa shape index (κ3) is 4.37. The number of hydrazine groups is 1. The molecule has 0 amide bonds. The van der Waals surface area contributed by atoms with Crippen LogP contribution >= 0.6 is 0 Å². The van der Waals surface area contributed by atoms with E-state index in [1.165, 1.54) is 57.2 Å². The van der Waals surface area contributed by atoms with Crippen LogP contribution in [0.3, 0.4) is 0 Å². The number of hydrogen-bond acceptors (Lipinski definition) is 2. The van der Waals surface area contributed by atoms with Gasteiger partial charge in [-0.3, -0.25) is 0 Å². The van der Waals surface area contributed by atoms with E-state index in [9.17, 15) is 0 Å². The highest BCUT2D eigenvalue weighted by Gasteiger charge is 2.37. The third-order valence-corrected chi connectivity index (χ3v) is 6.67. The molecule has 0 bridgehead atoms. The van der Waals surface area contributed by atoms with Crippen LogP contribution in [0.25, 0.3) is 0 Å². The van der Waals surface area contributed by atoms with Crippen LogP contribution in [-0.2, 0) is 13.0 Å². The monoisotopic (exact) mass is 330 g/mol. The van der Waals surface area contributed by atoms with Crippen LogP contribution in [0.15, 0.2) is 24.5 Å². The first-order chi connectivity index (χ1) is 11.6. The van der Waals surface area contributed by atoms with Gasteiger partial charge in [-0.05, 0) is 55.9 Å². The summed E-state index contributed by atoms with van der Waals surface area (Å²) in [4.78, 5) is 0. The Hall–Kier alpha value is -0.930. The maximum absolute atomic E-state index is 2.60. The number of pyridine rings is 1. The standard InChI is InChI=1S/C21H36N3/c1-4-23-15-8-20(9-16-23)7-14-22(3)24-17-12-21(13-18-24)10-5-19(2)6-11-21/h8-9,15-16,19H,4-7,10-14,17-18H2,1-3H3/q+1. The van der Waals surface area contributed by atoms with E-state index in [0.29, 0.717) is 5.41 Å². The molecule has 1 aromatic heterocycles. The molecule has 0 aromatic carbocycles. The SMILES string of the molecule is CC[n+]1ccc(CCN(C)N2CCC3(CCC(C)CC3)CC2)cc1. The van der Waals surface area contributed by atoms with E-state index < -0.39 is 0 Å². The van der Waals surface area contributed by atoms with E-state index in [4.69, 9.17) is 0 Å². The Labute approximate surface area is 148 Å². The lowest BCUT2D eigenvalue weighted by atomic mass is 9.66. The molecule has 0 radical (unpaired) electrons. The first-order valence-corrected chi connectivity index (χ1v) is 10.0. The van der Waals surface area contributed by atoms with E-state index in [-0.39, 0.29) is 0 Å². The number of piperidine rings is 1. The van der Waals surface area contributed by atoms with Gasteiger partial charge in [-0.1, -0.05) is 19.8 Å². The van der Waals surface area contributed by atoms with Crippen molar-refractivity contribution in [2.24, 2.45) is 11.3 Å². The van der Waals surface area contributed by atoms with Crippen molar-refractivity contribution in [2.45, 2.75) is 65.3 Å². The van der Waals surface area contributed by atoms with Crippen molar-refractivity contribution in [2.75, 3.05) is 26.7 Å².